The molecule has 0 atom stereocenters. The van der Waals surface area contributed by atoms with E-state index >= 15 is 0 Å². The number of hydrogen-bond donors (Lipinski definition) is 2. The molecule has 0 aliphatic carbocycles. The fraction of sp³-hybridized carbons (Fsp3) is 0. The molecule has 3 aromatic heterocycles. The summed E-state index contributed by atoms with van der Waals surface area (Å²) in [6.45, 7) is 0. The van der Waals surface area contributed by atoms with E-state index in [-0.39, 0.29) is 52.1 Å². The SMILES string of the molecule is O=c1nc2c3cc(-n4ccnc4)c([N+](=O)[O-])cc3[nH]c(=O)n2[nH]1.[NaH]. The topological polar surface area (TPSA) is 144 Å². The van der Waals surface area contributed by atoms with Gasteiger partial charge in [-0.15, -0.1) is 0 Å². The molecule has 0 aliphatic heterocycles. The van der Waals surface area contributed by atoms with E-state index in [1.165, 1.54) is 29.2 Å². The van der Waals surface area contributed by atoms with Gasteiger partial charge < -0.3 is 9.55 Å². The first-order valence-corrected chi connectivity index (χ1v) is 6.36. The Bertz CT molecular complexity index is 1190. The monoisotopic (exact) mass is 337 g/mol. The third-order valence-electron chi connectivity index (χ3n) is 3.41. The molecule has 24 heavy (non-hydrogen) atoms. The van der Waals surface area contributed by atoms with Crippen LogP contribution in [0.5, 0.6) is 0 Å². The first-order chi connectivity index (χ1) is 11.0. The molecule has 0 amide bonds. The summed E-state index contributed by atoms with van der Waals surface area (Å²) in [7, 11) is 0. The molecule has 0 saturated carbocycles. The van der Waals surface area contributed by atoms with E-state index in [1.807, 2.05) is 0 Å². The van der Waals surface area contributed by atoms with Gasteiger partial charge in [0.25, 0.3) is 5.69 Å². The first kappa shape index (κ1) is 16.1. The zero-order valence-electron chi connectivity index (χ0n) is 11.3. The second kappa shape index (κ2) is 5.70. The van der Waals surface area contributed by atoms with Crippen LogP contribution >= 0.6 is 0 Å². The fourth-order valence-corrected chi connectivity index (χ4v) is 2.44. The zero-order chi connectivity index (χ0) is 16.1. The molecule has 4 rings (SSSR count). The average Bonchev–Trinajstić information content (AvgIpc) is 3.15. The summed E-state index contributed by atoms with van der Waals surface area (Å²) < 4.78 is 2.41. The number of hydrogen-bond acceptors (Lipinski definition) is 6. The van der Waals surface area contributed by atoms with Crippen LogP contribution in [0.15, 0.2) is 40.4 Å². The van der Waals surface area contributed by atoms with Crippen LogP contribution in [0.1, 0.15) is 0 Å². The Morgan fingerprint density at radius 1 is 1.25 bits per heavy atom. The molecule has 0 spiro atoms. The average molecular weight is 337 g/mol. The fourth-order valence-electron chi connectivity index (χ4n) is 2.44. The maximum absolute atomic E-state index is 11.9. The van der Waals surface area contributed by atoms with Crippen LogP contribution in [-0.2, 0) is 0 Å². The molecule has 1 aromatic carbocycles. The number of aromatic amines is 2. The third kappa shape index (κ3) is 2.35. The van der Waals surface area contributed by atoms with E-state index in [0.29, 0.717) is 5.39 Å². The van der Waals surface area contributed by atoms with Crippen molar-refractivity contribution >= 4 is 51.8 Å². The molecule has 4 aromatic rings. The van der Waals surface area contributed by atoms with Crippen LogP contribution < -0.4 is 11.4 Å². The van der Waals surface area contributed by atoms with Gasteiger partial charge in [0.15, 0.2) is 5.65 Å². The number of benzene rings is 1. The molecule has 0 fully saturated rings. The van der Waals surface area contributed by atoms with Crippen LogP contribution in [0.3, 0.4) is 0 Å². The zero-order valence-corrected chi connectivity index (χ0v) is 11.3. The third-order valence-corrected chi connectivity index (χ3v) is 3.41. The van der Waals surface area contributed by atoms with Crippen LogP contribution in [0, 0.1) is 10.1 Å². The van der Waals surface area contributed by atoms with Crippen molar-refractivity contribution in [1.29, 1.82) is 0 Å². The second-order valence-electron chi connectivity index (χ2n) is 4.73. The Labute approximate surface area is 153 Å². The number of nitro benzene ring substituents is 1. The number of fused-ring (bicyclic) bond motifs is 3. The Morgan fingerprint density at radius 2 is 2.04 bits per heavy atom. The summed E-state index contributed by atoms with van der Waals surface area (Å²) in [4.78, 5) is 44.2. The Morgan fingerprint density at radius 3 is 2.71 bits per heavy atom. The van der Waals surface area contributed by atoms with Crippen molar-refractivity contribution in [3.63, 3.8) is 0 Å². The van der Waals surface area contributed by atoms with Gasteiger partial charge in [-0.1, -0.05) is 0 Å². The van der Waals surface area contributed by atoms with E-state index < -0.39 is 16.3 Å². The van der Waals surface area contributed by atoms with Gasteiger partial charge in [-0.2, -0.15) is 9.50 Å². The number of nitro groups is 1. The van der Waals surface area contributed by atoms with Crippen molar-refractivity contribution < 1.29 is 4.92 Å². The molecule has 3 heterocycles. The summed E-state index contributed by atoms with van der Waals surface area (Å²) >= 11 is 0. The van der Waals surface area contributed by atoms with Gasteiger partial charge in [0, 0.05) is 23.8 Å². The number of rotatable bonds is 2. The number of nitrogens with one attached hydrogen (secondary N) is 2. The molecule has 0 radical (unpaired) electrons. The molecular weight excluding hydrogens is 329 g/mol. The summed E-state index contributed by atoms with van der Waals surface area (Å²) in [5, 5.41) is 14.0. The predicted octanol–water partition coefficient (Wildman–Crippen LogP) is -0.691. The minimum atomic E-state index is -0.689. The molecular formula is C12H8N7NaO4. The maximum atomic E-state index is 11.9. The van der Waals surface area contributed by atoms with Crippen molar-refractivity contribution in [2.45, 2.75) is 0 Å². The van der Waals surface area contributed by atoms with Crippen molar-refractivity contribution in [3.8, 4) is 5.69 Å². The predicted molar refractivity (Wildman–Crippen MR) is 84.9 cm³/mol. The molecule has 11 nitrogen and oxygen atoms in total. The number of H-pyrrole nitrogens is 2. The van der Waals surface area contributed by atoms with Crippen LogP contribution in [0.2, 0.25) is 0 Å². The van der Waals surface area contributed by atoms with Gasteiger partial charge >= 0.3 is 40.9 Å². The van der Waals surface area contributed by atoms with Crippen LogP contribution in [0.4, 0.5) is 5.69 Å². The summed E-state index contributed by atoms with van der Waals surface area (Å²) in [6.07, 6.45) is 4.44. The van der Waals surface area contributed by atoms with Crippen LogP contribution in [-0.4, -0.2) is 63.6 Å². The van der Waals surface area contributed by atoms with Crippen molar-refractivity contribution in [2.24, 2.45) is 0 Å². The Hall–Kier alpha value is -2.76. The molecule has 0 aliphatic rings. The first-order valence-electron chi connectivity index (χ1n) is 6.36. The Balaban J connectivity index is 0.00000169. The molecule has 12 heteroatoms. The molecule has 0 bridgehead atoms. The summed E-state index contributed by atoms with van der Waals surface area (Å²) in [6, 6.07) is 2.70. The number of nitrogens with zero attached hydrogens (tertiary/aromatic N) is 5. The van der Waals surface area contributed by atoms with Crippen molar-refractivity contribution in [3.05, 3.63) is 61.9 Å². The standard InChI is InChI=1S/C12H7N7O4.Na.H/c20-11-15-10-6-3-8(17-2-1-13-5-17)9(19(22)23)4-7(6)14-12(21)18(10)16-11;;/h1-5H,(H,14,21)(H,16,20);;. The van der Waals surface area contributed by atoms with Gasteiger partial charge in [-0.3, -0.25) is 10.1 Å². The van der Waals surface area contributed by atoms with E-state index in [2.05, 4.69) is 20.1 Å². The molecule has 2 N–H and O–H groups in total. The molecule has 0 unspecified atom stereocenters. The van der Waals surface area contributed by atoms with Gasteiger partial charge in [-0.05, 0) is 6.07 Å². The molecule has 116 valence electrons. The number of imidazole rings is 1. The van der Waals surface area contributed by atoms with E-state index in [1.54, 1.807) is 6.20 Å². The molecule has 0 saturated heterocycles. The van der Waals surface area contributed by atoms with E-state index in [4.69, 9.17) is 0 Å². The quantitative estimate of drug-likeness (QED) is 0.281. The minimum absolute atomic E-state index is 0. The Kier molecular flexibility index (Phi) is 3.83. The van der Waals surface area contributed by atoms with Gasteiger partial charge in [0.05, 0.1) is 16.8 Å². The van der Waals surface area contributed by atoms with Crippen LogP contribution in [0.25, 0.3) is 22.2 Å². The van der Waals surface area contributed by atoms with Gasteiger partial charge in [0.1, 0.15) is 5.69 Å². The second-order valence-corrected chi connectivity index (χ2v) is 4.73. The summed E-state index contributed by atoms with van der Waals surface area (Å²) in [5.41, 5.74) is -1.02. The van der Waals surface area contributed by atoms with Crippen molar-refractivity contribution in [1.82, 2.24) is 29.1 Å². The van der Waals surface area contributed by atoms with Gasteiger partial charge in [0.2, 0.25) is 0 Å². The van der Waals surface area contributed by atoms with Crippen molar-refractivity contribution in [2.75, 3.05) is 0 Å². The van der Waals surface area contributed by atoms with E-state index in [0.717, 1.165) is 4.52 Å². The summed E-state index contributed by atoms with van der Waals surface area (Å²) in [5.74, 6) is 0. The number of aromatic nitrogens is 6. The van der Waals surface area contributed by atoms with Gasteiger partial charge in [-0.25, -0.2) is 19.7 Å². The normalized spacial score (nSPS) is 10.8. The van der Waals surface area contributed by atoms with E-state index in [9.17, 15) is 19.7 Å².